The number of methoxy groups -OCH3 is 1. The molecule has 0 radical (unpaired) electrons. The lowest BCUT2D eigenvalue weighted by Crippen LogP contribution is -2.18. The Balaban J connectivity index is 1.86. The fourth-order valence-corrected chi connectivity index (χ4v) is 5.65. The van der Waals surface area contributed by atoms with Gasteiger partial charge in [0.1, 0.15) is 0 Å². The summed E-state index contributed by atoms with van der Waals surface area (Å²) < 4.78 is 16.1. The predicted octanol–water partition coefficient (Wildman–Crippen LogP) is 6.04. The molecule has 168 valence electrons. The van der Waals surface area contributed by atoms with E-state index in [2.05, 4.69) is 33.4 Å². The maximum absolute atomic E-state index is 12.3. The molecule has 1 saturated carbocycles. The molecule has 0 saturated heterocycles. The van der Waals surface area contributed by atoms with Crippen LogP contribution in [0.2, 0.25) is 0 Å². The number of ether oxygens (including phenoxy) is 3. The molecular weight excluding hydrogens is 482 g/mol. The Morgan fingerprint density at radius 3 is 2.61 bits per heavy atom. The molecule has 0 unspecified atom stereocenters. The number of carbonyl (C=O) groups excluding carboxylic acids is 2. The third kappa shape index (κ3) is 6.23. The quantitative estimate of drug-likeness (QED) is 0.345. The number of carbonyl (C=O) groups is 2. The first-order chi connectivity index (χ1) is 15.0. The molecule has 1 aromatic carbocycles. The highest BCUT2D eigenvalue weighted by Gasteiger charge is 2.25. The smallest absolute Gasteiger partial charge is 0.351 e. The number of benzene rings is 1. The molecule has 0 amide bonds. The van der Waals surface area contributed by atoms with Crippen molar-refractivity contribution in [2.24, 2.45) is 0 Å². The Hall–Kier alpha value is -2.06. The number of halogens is 1. The maximum atomic E-state index is 12.3. The molecule has 1 aliphatic rings. The molecule has 0 bridgehead atoms. The summed E-state index contributed by atoms with van der Waals surface area (Å²) in [5.74, 6) is -0.710. The molecular formula is C23H28BrNO5S. The summed E-state index contributed by atoms with van der Waals surface area (Å²) in [5, 5.41) is 3.67. The van der Waals surface area contributed by atoms with Gasteiger partial charge in [-0.1, -0.05) is 37.8 Å². The third-order valence-electron chi connectivity index (χ3n) is 5.17. The summed E-state index contributed by atoms with van der Waals surface area (Å²) in [6.45, 7) is 1.71. The van der Waals surface area contributed by atoms with Gasteiger partial charge in [0.05, 0.1) is 23.1 Å². The molecule has 3 rings (SSSR count). The Kier molecular flexibility index (Phi) is 8.78. The zero-order valence-electron chi connectivity index (χ0n) is 17.9. The second kappa shape index (κ2) is 11.5. The fourth-order valence-electron chi connectivity index (χ4n) is 3.68. The number of thiophene rings is 1. The number of esters is 2. The highest BCUT2D eigenvalue weighted by Crippen LogP contribution is 2.46. The van der Waals surface area contributed by atoms with Crippen molar-refractivity contribution >= 4 is 44.9 Å². The van der Waals surface area contributed by atoms with Crippen molar-refractivity contribution in [2.75, 3.05) is 25.6 Å². The van der Waals surface area contributed by atoms with E-state index in [4.69, 9.17) is 14.2 Å². The summed E-state index contributed by atoms with van der Waals surface area (Å²) in [6.07, 6.45) is 7.52. The van der Waals surface area contributed by atoms with Gasteiger partial charge in [-0.15, -0.1) is 11.3 Å². The Labute approximate surface area is 195 Å². The summed E-state index contributed by atoms with van der Waals surface area (Å²) in [7, 11) is 1.32. The van der Waals surface area contributed by atoms with Crippen LogP contribution in [0.15, 0.2) is 28.7 Å². The number of hydrogen-bond acceptors (Lipinski definition) is 7. The van der Waals surface area contributed by atoms with Crippen LogP contribution in [-0.2, 0) is 14.3 Å². The zero-order chi connectivity index (χ0) is 22.2. The van der Waals surface area contributed by atoms with Crippen LogP contribution in [0.25, 0.3) is 10.4 Å². The summed E-state index contributed by atoms with van der Waals surface area (Å²) in [5.41, 5.74) is 2.00. The fraction of sp³-hybridized carbons (Fsp3) is 0.478. The normalized spacial score (nSPS) is 14.5. The first kappa shape index (κ1) is 23.6. The third-order valence-corrected chi connectivity index (χ3v) is 7.39. The number of rotatable bonds is 8. The standard InChI is InChI=1S/C23H28BrNO5S/c1-3-29-18(26)14-30-20-19(24)21(31-22(20)23(27)28-2)15-9-8-12-17(13-15)25-16-10-6-4-5-7-11-16/h8-9,12-13,16,25H,3-7,10-11,14H2,1-2H3. The van der Waals surface area contributed by atoms with Gasteiger partial charge in [0.25, 0.3) is 0 Å². The van der Waals surface area contributed by atoms with Gasteiger partial charge in [-0.05, 0) is 53.4 Å². The molecule has 8 heteroatoms. The van der Waals surface area contributed by atoms with Crippen molar-refractivity contribution in [3.63, 3.8) is 0 Å². The Morgan fingerprint density at radius 1 is 1.19 bits per heavy atom. The van der Waals surface area contributed by atoms with Crippen LogP contribution in [0.1, 0.15) is 55.1 Å². The van der Waals surface area contributed by atoms with E-state index < -0.39 is 11.9 Å². The average molecular weight is 510 g/mol. The van der Waals surface area contributed by atoms with Crippen molar-refractivity contribution in [3.8, 4) is 16.2 Å². The van der Waals surface area contributed by atoms with Gasteiger partial charge in [0, 0.05) is 11.7 Å². The van der Waals surface area contributed by atoms with Gasteiger partial charge in [-0.2, -0.15) is 0 Å². The van der Waals surface area contributed by atoms with Crippen LogP contribution in [0.4, 0.5) is 5.69 Å². The van der Waals surface area contributed by atoms with Crippen LogP contribution < -0.4 is 10.1 Å². The van der Waals surface area contributed by atoms with E-state index in [0.29, 0.717) is 21.1 Å². The average Bonchev–Trinajstić information content (AvgIpc) is 2.91. The van der Waals surface area contributed by atoms with E-state index in [-0.39, 0.29) is 13.2 Å². The largest absolute Gasteiger partial charge is 0.479 e. The molecule has 0 aliphatic heterocycles. The van der Waals surface area contributed by atoms with Crippen LogP contribution >= 0.6 is 27.3 Å². The van der Waals surface area contributed by atoms with Gasteiger partial charge in [0.2, 0.25) is 0 Å². The van der Waals surface area contributed by atoms with Crippen molar-refractivity contribution < 1.29 is 23.8 Å². The highest BCUT2D eigenvalue weighted by molar-refractivity contribution is 9.10. The molecule has 1 heterocycles. The van der Waals surface area contributed by atoms with Gasteiger partial charge < -0.3 is 19.5 Å². The van der Waals surface area contributed by atoms with Crippen LogP contribution in [0.5, 0.6) is 5.75 Å². The molecule has 1 fully saturated rings. The zero-order valence-corrected chi connectivity index (χ0v) is 20.3. The van der Waals surface area contributed by atoms with E-state index in [0.717, 1.165) is 16.1 Å². The van der Waals surface area contributed by atoms with Gasteiger partial charge in [-0.3, -0.25) is 0 Å². The topological polar surface area (TPSA) is 73.9 Å². The molecule has 0 atom stereocenters. The van der Waals surface area contributed by atoms with Crippen molar-refractivity contribution in [3.05, 3.63) is 33.6 Å². The molecule has 0 spiro atoms. The van der Waals surface area contributed by atoms with E-state index in [1.807, 2.05) is 12.1 Å². The first-order valence-electron chi connectivity index (χ1n) is 10.6. The summed E-state index contributed by atoms with van der Waals surface area (Å²) in [6, 6.07) is 8.62. The minimum Gasteiger partial charge on any atom is -0.479 e. The van der Waals surface area contributed by atoms with Gasteiger partial charge in [0.15, 0.2) is 17.2 Å². The lowest BCUT2D eigenvalue weighted by Gasteiger charge is -2.18. The van der Waals surface area contributed by atoms with Gasteiger partial charge >= 0.3 is 11.9 Å². The first-order valence-corrected chi connectivity index (χ1v) is 12.2. The minimum atomic E-state index is -0.511. The minimum absolute atomic E-state index is 0.267. The molecule has 1 aliphatic carbocycles. The highest BCUT2D eigenvalue weighted by atomic mass is 79.9. The lowest BCUT2D eigenvalue weighted by molar-refractivity contribution is -0.145. The monoisotopic (exact) mass is 509 g/mol. The Bertz CT molecular complexity index is 905. The van der Waals surface area contributed by atoms with Gasteiger partial charge in [-0.25, -0.2) is 9.59 Å². The lowest BCUT2D eigenvalue weighted by atomic mass is 10.1. The number of hydrogen-bond donors (Lipinski definition) is 1. The SMILES string of the molecule is CCOC(=O)COc1c(C(=O)OC)sc(-c2cccc(NC3CCCCCC3)c2)c1Br. The second-order valence-electron chi connectivity index (χ2n) is 7.40. The predicted molar refractivity (Wildman–Crippen MR) is 126 cm³/mol. The number of anilines is 1. The maximum Gasteiger partial charge on any atom is 0.351 e. The van der Waals surface area contributed by atoms with E-state index in [9.17, 15) is 9.59 Å². The van der Waals surface area contributed by atoms with Crippen LogP contribution in [0.3, 0.4) is 0 Å². The van der Waals surface area contributed by atoms with Crippen molar-refractivity contribution in [2.45, 2.75) is 51.5 Å². The summed E-state index contributed by atoms with van der Waals surface area (Å²) >= 11 is 4.83. The molecule has 6 nitrogen and oxygen atoms in total. The Morgan fingerprint density at radius 2 is 1.94 bits per heavy atom. The molecule has 1 N–H and O–H groups in total. The van der Waals surface area contributed by atoms with Crippen LogP contribution in [0, 0.1) is 0 Å². The van der Waals surface area contributed by atoms with Crippen molar-refractivity contribution in [1.82, 2.24) is 0 Å². The molecule has 31 heavy (non-hydrogen) atoms. The van der Waals surface area contributed by atoms with E-state index in [1.54, 1.807) is 6.92 Å². The van der Waals surface area contributed by atoms with Crippen molar-refractivity contribution in [1.29, 1.82) is 0 Å². The second-order valence-corrected chi connectivity index (χ2v) is 9.22. The molecule has 2 aromatic rings. The number of nitrogens with one attached hydrogen (secondary N) is 1. The molecule has 1 aromatic heterocycles. The van der Waals surface area contributed by atoms with Crippen LogP contribution in [-0.4, -0.2) is 38.3 Å². The summed E-state index contributed by atoms with van der Waals surface area (Å²) in [4.78, 5) is 25.2. The van der Waals surface area contributed by atoms with E-state index >= 15 is 0 Å². The van der Waals surface area contributed by atoms with E-state index in [1.165, 1.54) is 57.0 Å².